The van der Waals surface area contributed by atoms with Crippen LogP contribution >= 0.6 is 0 Å². The highest BCUT2D eigenvalue weighted by atomic mass is 19.1. The van der Waals surface area contributed by atoms with E-state index >= 15 is 0 Å². The molecule has 1 fully saturated rings. The number of ether oxygens (including phenoxy) is 2. The number of benzene rings is 1. The number of halogens is 1. The van der Waals surface area contributed by atoms with E-state index in [-0.39, 0.29) is 18.9 Å². The molecule has 0 saturated carbocycles. The van der Waals surface area contributed by atoms with Gasteiger partial charge in [-0.05, 0) is 45.4 Å². The SMILES string of the molecule is Cc1ccc(N2CC(CNC(=O)OC(C)(C)C)OC2=O)cc1F. The average Bonchev–Trinajstić information content (AvgIpc) is 2.79. The van der Waals surface area contributed by atoms with Gasteiger partial charge in [-0.2, -0.15) is 0 Å². The number of carbonyl (C=O) groups is 2. The van der Waals surface area contributed by atoms with E-state index in [0.29, 0.717) is 11.3 Å². The largest absolute Gasteiger partial charge is 0.444 e. The lowest BCUT2D eigenvalue weighted by atomic mass is 10.2. The van der Waals surface area contributed by atoms with Gasteiger partial charge < -0.3 is 14.8 Å². The lowest BCUT2D eigenvalue weighted by molar-refractivity contribution is 0.0496. The number of rotatable bonds is 3. The van der Waals surface area contributed by atoms with Crippen molar-refractivity contribution in [1.82, 2.24) is 5.32 Å². The van der Waals surface area contributed by atoms with Crippen LogP contribution in [-0.4, -0.2) is 37.0 Å². The summed E-state index contributed by atoms with van der Waals surface area (Å²) in [6.45, 7) is 7.29. The Morgan fingerprint density at radius 2 is 2.17 bits per heavy atom. The first-order chi connectivity index (χ1) is 10.7. The van der Waals surface area contributed by atoms with Crippen molar-refractivity contribution in [3.63, 3.8) is 0 Å². The van der Waals surface area contributed by atoms with Crippen LogP contribution in [0.1, 0.15) is 26.3 Å². The maximum Gasteiger partial charge on any atom is 0.414 e. The molecular formula is C16H21FN2O4. The van der Waals surface area contributed by atoms with Crippen molar-refractivity contribution >= 4 is 17.9 Å². The highest BCUT2D eigenvalue weighted by Gasteiger charge is 2.33. The summed E-state index contributed by atoms with van der Waals surface area (Å²) in [5.41, 5.74) is 0.337. The molecule has 0 spiro atoms. The van der Waals surface area contributed by atoms with Crippen molar-refractivity contribution in [2.24, 2.45) is 0 Å². The summed E-state index contributed by atoms with van der Waals surface area (Å²) in [5.74, 6) is -0.384. The Morgan fingerprint density at radius 1 is 1.48 bits per heavy atom. The molecule has 0 bridgehead atoms. The predicted molar refractivity (Wildman–Crippen MR) is 83.0 cm³/mol. The van der Waals surface area contributed by atoms with Crippen LogP contribution in [0.2, 0.25) is 0 Å². The molecule has 0 radical (unpaired) electrons. The van der Waals surface area contributed by atoms with Crippen LogP contribution < -0.4 is 10.2 Å². The molecule has 1 N–H and O–H groups in total. The molecule has 126 valence electrons. The van der Waals surface area contributed by atoms with Crippen LogP contribution in [0.25, 0.3) is 0 Å². The third kappa shape index (κ3) is 4.58. The van der Waals surface area contributed by atoms with Crippen LogP contribution in [0.4, 0.5) is 19.7 Å². The van der Waals surface area contributed by atoms with E-state index in [9.17, 15) is 14.0 Å². The summed E-state index contributed by atoms with van der Waals surface area (Å²) in [4.78, 5) is 24.8. The number of nitrogens with one attached hydrogen (secondary N) is 1. The van der Waals surface area contributed by atoms with Crippen molar-refractivity contribution in [2.45, 2.75) is 39.4 Å². The van der Waals surface area contributed by atoms with Gasteiger partial charge in [0.2, 0.25) is 0 Å². The second-order valence-electron chi connectivity index (χ2n) is 6.43. The number of hydrogen-bond donors (Lipinski definition) is 1. The second kappa shape index (κ2) is 6.44. The zero-order valence-corrected chi connectivity index (χ0v) is 13.7. The lowest BCUT2D eigenvalue weighted by Crippen LogP contribution is -2.38. The minimum atomic E-state index is -0.595. The Bertz CT molecular complexity index is 613. The normalized spacial score (nSPS) is 17.9. The standard InChI is InChI=1S/C16H21FN2O4/c1-10-5-6-11(7-13(10)17)19-9-12(22-15(19)21)8-18-14(20)23-16(2,3)4/h5-7,12H,8-9H2,1-4H3,(H,18,20). The van der Waals surface area contributed by atoms with Crippen LogP contribution in [-0.2, 0) is 9.47 Å². The van der Waals surface area contributed by atoms with Crippen molar-refractivity contribution in [3.05, 3.63) is 29.6 Å². The highest BCUT2D eigenvalue weighted by molar-refractivity contribution is 5.89. The highest BCUT2D eigenvalue weighted by Crippen LogP contribution is 2.23. The molecule has 7 heteroatoms. The number of amides is 2. The summed E-state index contributed by atoms with van der Waals surface area (Å²) >= 11 is 0. The van der Waals surface area contributed by atoms with Gasteiger partial charge in [-0.25, -0.2) is 14.0 Å². The first-order valence-corrected chi connectivity index (χ1v) is 7.37. The maximum atomic E-state index is 13.6. The minimum absolute atomic E-state index is 0.130. The fraction of sp³-hybridized carbons (Fsp3) is 0.500. The predicted octanol–water partition coefficient (Wildman–Crippen LogP) is 2.98. The number of alkyl carbamates (subject to hydrolysis) is 1. The molecule has 1 aromatic carbocycles. The zero-order chi connectivity index (χ0) is 17.2. The molecule has 1 aliphatic rings. The molecule has 1 saturated heterocycles. The fourth-order valence-corrected chi connectivity index (χ4v) is 2.10. The van der Waals surface area contributed by atoms with Gasteiger partial charge in [0.15, 0.2) is 0 Å². The number of cyclic esters (lactones) is 1. The molecule has 2 amide bonds. The van der Waals surface area contributed by atoms with Crippen molar-refractivity contribution in [1.29, 1.82) is 0 Å². The Balaban J connectivity index is 1.92. The first kappa shape index (κ1) is 17.1. The summed E-state index contributed by atoms with van der Waals surface area (Å²) in [6, 6.07) is 4.55. The van der Waals surface area contributed by atoms with E-state index in [1.165, 1.54) is 11.0 Å². The van der Waals surface area contributed by atoms with E-state index < -0.39 is 23.9 Å². The molecule has 2 rings (SSSR count). The zero-order valence-electron chi connectivity index (χ0n) is 13.7. The van der Waals surface area contributed by atoms with E-state index in [4.69, 9.17) is 9.47 Å². The molecule has 1 heterocycles. The molecule has 0 aliphatic carbocycles. The monoisotopic (exact) mass is 324 g/mol. The van der Waals surface area contributed by atoms with Gasteiger partial charge in [0.1, 0.15) is 17.5 Å². The van der Waals surface area contributed by atoms with Crippen LogP contribution in [0.3, 0.4) is 0 Å². The summed E-state index contributed by atoms with van der Waals surface area (Å²) < 4.78 is 23.9. The molecule has 1 unspecified atom stereocenters. The molecule has 0 aromatic heterocycles. The average molecular weight is 324 g/mol. The van der Waals surface area contributed by atoms with Gasteiger partial charge in [-0.1, -0.05) is 6.07 Å². The van der Waals surface area contributed by atoms with Crippen molar-refractivity contribution < 1.29 is 23.5 Å². The third-order valence-corrected chi connectivity index (χ3v) is 3.21. The van der Waals surface area contributed by atoms with Gasteiger partial charge >= 0.3 is 12.2 Å². The summed E-state index contributed by atoms with van der Waals surface area (Å²) in [5, 5.41) is 2.56. The van der Waals surface area contributed by atoms with E-state index in [2.05, 4.69) is 5.32 Å². The quantitative estimate of drug-likeness (QED) is 0.928. The molecule has 1 aliphatic heterocycles. The second-order valence-corrected chi connectivity index (χ2v) is 6.43. The van der Waals surface area contributed by atoms with Crippen LogP contribution in [0.5, 0.6) is 0 Å². The van der Waals surface area contributed by atoms with Gasteiger partial charge in [0, 0.05) is 0 Å². The number of anilines is 1. The molecule has 1 aromatic rings. The molecule has 23 heavy (non-hydrogen) atoms. The Hall–Kier alpha value is -2.31. The number of nitrogens with zero attached hydrogens (tertiary/aromatic N) is 1. The number of hydrogen-bond acceptors (Lipinski definition) is 4. The fourth-order valence-electron chi connectivity index (χ4n) is 2.10. The lowest BCUT2D eigenvalue weighted by Gasteiger charge is -2.20. The van der Waals surface area contributed by atoms with Gasteiger partial charge in [-0.3, -0.25) is 4.90 Å². The van der Waals surface area contributed by atoms with Crippen LogP contribution in [0.15, 0.2) is 18.2 Å². The van der Waals surface area contributed by atoms with E-state index in [0.717, 1.165) is 0 Å². The Labute approximate surface area is 134 Å². The van der Waals surface area contributed by atoms with Gasteiger partial charge in [0.05, 0.1) is 18.8 Å². The number of carbonyl (C=O) groups excluding carboxylic acids is 2. The molecule has 6 nitrogen and oxygen atoms in total. The Kier molecular flexibility index (Phi) is 4.77. The smallest absolute Gasteiger partial charge is 0.414 e. The van der Waals surface area contributed by atoms with E-state index in [1.54, 1.807) is 39.8 Å². The Morgan fingerprint density at radius 3 is 2.78 bits per heavy atom. The minimum Gasteiger partial charge on any atom is -0.444 e. The van der Waals surface area contributed by atoms with Crippen molar-refractivity contribution in [2.75, 3.05) is 18.0 Å². The number of aryl methyl sites for hydroxylation is 1. The summed E-state index contributed by atoms with van der Waals surface area (Å²) in [7, 11) is 0. The van der Waals surface area contributed by atoms with Gasteiger partial charge in [-0.15, -0.1) is 0 Å². The maximum absolute atomic E-state index is 13.6. The molecular weight excluding hydrogens is 303 g/mol. The molecule has 1 atom stereocenters. The van der Waals surface area contributed by atoms with Gasteiger partial charge in [0.25, 0.3) is 0 Å². The van der Waals surface area contributed by atoms with E-state index in [1.807, 2.05) is 0 Å². The van der Waals surface area contributed by atoms with Crippen LogP contribution in [0, 0.1) is 12.7 Å². The topological polar surface area (TPSA) is 67.9 Å². The summed E-state index contributed by atoms with van der Waals surface area (Å²) in [6.07, 6.45) is -1.66. The van der Waals surface area contributed by atoms with Crippen molar-refractivity contribution in [3.8, 4) is 0 Å². The third-order valence-electron chi connectivity index (χ3n) is 3.21. The first-order valence-electron chi connectivity index (χ1n) is 7.37.